The number of hydrogen-bond donors (Lipinski definition) is 2. The molecule has 0 unspecified atom stereocenters. The molecule has 150 valence electrons. The van der Waals surface area contributed by atoms with Crippen molar-refractivity contribution < 1.29 is 14.6 Å². The highest BCUT2D eigenvalue weighted by atomic mass is 16.5. The topological polar surface area (TPSA) is 82.4 Å². The fraction of sp³-hybridized carbons (Fsp3) is 0.200. The summed E-state index contributed by atoms with van der Waals surface area (Å²) < 4.78 is 5.60. The van der Waals surface area contributed by atoms with Gasteiger partial charge in [0.25, 0.3) is 0 Å². The van der Waals surface area contributed by atoms with Crippen LogP contribution in [0, 0.1) is 11.3 Å². The highest BCUT2D eigenvalue weighted by Crippen LogP contribution is 2.44. The standard InChI is InChI=1S/C25H22N2O3/c26-15-17-6-5-7-18(14-17)24(12-13-28)27-25(29)30-16-23-21-10-3-1-8-19(21)20-9-2-4-11-22(20)23/h1-11,14,23-24,28H,12-13,16H2,(H,27,29)/t24-/m0/s1. The van der Waals surface area contributed by atoms with Gasteiger partial charge >= 0.3 is 6.09 Å². The molecule has 0 spiro atoms. The zero-order valence-electron chi connectivity index (χ0n) is 16.4. The molecule has 3 aromatic rings. The molecular weight excluding hydrogens is 376 g/mol. The van der Waals surface area contributed by atoms with Gasteiger partial charge in [0, 0.05) is 12.5 Å². The highest BCUT2D eigenvalue weighted by molar-refractivity contribution is 5.79. The van der Waals surface area contributed by atoms with Gasteiger partial charge < -0.3 is 15.2 Å². The number of alkyl carbamates (subject to hydrolysis) is 1. The number of hydrogen-bond acceptors (Lipinski definition) is 4. The van der Waals surface area contributed by atoms with E-state index in [-0.39, 0.29) is 19.1 Å². The minimum atomic E-state index is -0.544. The fourth-order valence-electron chi connectivity index (χ4n) is 4.06. The maximum Gasteiger partial charge on any atom is 0.407 e. The lowest BCUT2D eigenvalue weighted by Crippen LogP contribution is -2.31. The lowest BCUT2D eigenvalue weighted by molar-refractivity contribution is 0.136. The predicted molar refractivity (Wildman–Crippen MR) is 114 cm³/mol. The molecule has 0 aromatic heterocycles. The van der Waals surface area contributed by atoms with Gasteiger partial charge in [-0.2, -0.15) is 5.26 Å². The molecule has 1 atom stereocenters. The molecule has 0 saturated heterocycles. The van der Waals surface area contributed by atoms with Crippen LogP contribution in [0.15, 0.2) is 72.8 Å². The van der Waals surface area contributed by atoms with E-state index in [0.29, 0.717) is 12.0 Å². The van der Waals surface area contributed by atoms with E-state index < -0.39 is 12.1 Å². The van der Waals surface area contributed by atoms with E-state index in [2.05, 4.69) is 35.7 Å². The number of benzene rings is 3. The molecule has 0 fully saturated rings. The Hall–Kier alpha value is -3.62. The maximum absolute atomic E-state index is 12.6. The van der Waals surface area contributed by atoms with Crippen LogP contribution in [0.25, 0.3) is 11.1 Å². The summed E-state index contributed by atoms with van der Waals surface area (Å²) in [5.74, 6) is -0.0126. The molecule has 0 aliphatic heterocycles. The second-order valence-electron chi connectivity index (χ2n) is 7.27. The molecule has 4 rings (SSSR count). The Bertz CT molecular complexity index is 1060. The minimum absolute atomic E-state index is 0.0126. The van der Waals surface area contributed by atoms with Crippen molar-refractivity contribution in [3.05, 3.63) is 95.1 Å². The minimum Gasteiger partial charge on any atom is -0.449 e. The van der Waals surface area contributed by atoms with Crippen LogP contribution in [0.4, 0.5) is 4.79 Å². The summed E-state index contributed by atoms with van der Waals surface area (Å²) in [7, 11) is 0. The van der Waals surface area contributed by atoms with E-state index in [1.54, 1.807) is 18.2 Å². The SMILES string of the molecule is N#Cc1cccc([C@H](CCO)NC(=O)OCC2c3ccccc3-c3ccccc32)c1. The maximum atomic E-state index is 12.6. The molecule has 30 heavy (non-hydrogen) atoms. The fourth-order valence-corrected chi connectivity index (χ4v) is 4.06. The van der Waals surface area contributed by atoms with E-state index in [0.717, 1.165) is 16.7 Å². The third-order valence-electron chi connectivity index (χ3n) is 5.47. The van der Waals surface area contributed by atoms with Crippen LogP contribution in [0.2, 0.25) is 0 Å². The summed E-state index contributed by atoms with van der Waals surface area (Å²) in [4.78, 5) is 12.6. The Morgan fingerprint density at radius 2 is 1.70 bits per heavy atom. The van der Waals surface area contributed by atoms with Gasteiger partial charge in [0.1, 0.15) is 6.61 Å². The number of rotatable bonds is 6. The molecule has 5 heteroatoms. The van der Waals surface area contributed by atoms with Crippen molar-refractivity contribution in [3.63, 3.8) is 0 Å². The van der Waals surface area contributed by atoms with Gasteiger partial charge in [-0.25, -0.2) is 4.79 Å². The lowest BCUT2D eigenvalue weighted by atomic mass is 9.98. The number of aliphatic hydroxyl groups excluding tert-OH is 1. The molecule has 0 bridgehead atoms. The lowest BCUT2D eigenvalue weighted by Gasteiger charge is -2.20. The number of nitrogens with one attached hydrogen (secondary N) is 1. The van der Waals surface area contributed by atoms with Gasteiger partial charge in [-0.15, -0.1) is 0 Å². The molecule has 2 N–H and O–H groups in total. The predicted octanol–water partition coefficient (Wildman–Crippen LogP) is 4.52. The van der Waals surface area contributed by atoms with Crippen LogP contribution in [0.5, 0.6) is 0 Å². The van der Waals surface area contributed by atoms with E-state index in [1.165, 1.54) is 11.1 Å². The summed E-state index contributed by atoms with van der Waals surface area (Å²) in [5.41, 5.74) is 5.92. The Morgan fingerprint density at radius 1 is 1.03 bits per heavy atom. The van der Waals surface area contributed by atoms with Gasteiger partial charge in [-0.05, 0) is 46.4 Å². The van der Waals surface area contributed by atoms with E-state index in [4.69, 9.17) is 10.00 Å². The monoisotopic (exact) mass is 398 g/mol. The van der Waals surface area contributed by atoms with Crippen molar-refractivity contribution >= 4 is 6.09 Å². The van der Waals surface area contributed by atoms with E-state index in [9.17, 15) is 9.90 Å². The van der Waals surface area contributed by atoms with E-state index >= 15 is 0 Å². The second-order valence-corrected chi connectivity index (χ2v) is 7.27. The van der Waals surface area contributed by atoms with Crippen molar-refractivity contribution in [1.82, 2.24) is 5.32 Å². The van der Waals surface area contributed by atoms with Crippen LogP contribution in [0.3, 0.4) is 0 Å². The number of nitriles is 1. The number of aliphatic hydroxyl groups is 1. The molecule has 1 amide bonds. The van der Waals surface area contributed by atoms with Crippen molar-refractivity contribution in [1.29, 1.82) is 5.26 Å². The number of nitrogens with zero attached hydrogens (tertiary/aromatic N) is 1. The zero-order valence-corrected chi connectivity index (χ0v) is 16.4. The molecule has 0 heterocycles. The summed E-state index contributed by atoms with van der Waals surface area (Å²) in [6.45, 7) is 0.134. The summed E-state index contributed by atoms with van der Waals surface area (Å²) >= 11 is 0. The molecule has 1 aliphatic carbocycles. The van der Waals surface area contributed by atoms with E-state index in [1.807, 2.05) is 30.3 Å². The van der Waals surface area contributed by atoms with Crippen molar-refractivity contribution in [2.24, 2.45) is 0 Å². The quantitative estimate of drug-likeness (QED) is 0.640. The average Bonchev–Trinajstić information content (AvgIpc) is 3.11. The number of ether oxygens (including phenoxy) is 1. The van der Waals surface area contributed by atoms with Crippen molar-refractivity contribution in [2.75, 3.05) is 13.2 Å². The third-order valence-corrected chi connectivity index (χ3v) is 5.47. The van der Waals surface area contributed by atoms with Crippen molar-refractivity contribution in [3.8, 4) is 17.2 Å². The van der Waals surface area contributed by atoms with Gasteiger partial charge in [-0.3, -0.25) is 0 Å². The average molecular weight is 398 g/mol. The highest BCUT2D eigenvalue weighted by Gasteiger charge is 2.29. The number of amides is 1. The normalized spacial score (nSPS) is 13.1. The van der Waals surface area contributed by atoms with Gasteiger partial charge in [0.05, 0.1) is 17.7 Å². The first-order valence-electron chi connectivity index (χ1n) is 9.93. The number of carbonyl (C=O) groups excluding carboxylic acids is 1. The zero-order chi connectivity index (χ0) is 20.9. The van der Waals surface area contributed by atoms with Crippen LogP contribution in [-0.4, -0.2) is 24.4 Å². The Balaban J connectivity index is 1.47. The first-order valence-corrected chi connectivity index (χ1v) is 9.93. The van der Waals surface area contributed by atoms with Crippen molar-refractivity contribution in [2.45, 2.75) is 18.4 Å². The number of fused-ring (bicyclic) bond motifs is 3. The molecule has 5 nitrogen and oxygen atoms in total. The summed E-state index contributed by atoms with van der Waals surface area (Å²) in [5, 5.41) is 21.3. The molecule has 1 aliphatic rings. The Morgan fingerprint density at radius 3 is 2.33 bits per heavy atom. The molecule has 0 saturated carbocycles. The van der Waals surface area contributed by atoms with Gasteiger partial charge in [0.2, 0.25) is 0 Å². The second kappa shape index (κ2) is 8.81. The molecule has 0 radical (unpaired) electrons. The first-order chi connectivity index (χ1) is 14.7. The molecule has 3 aromatic carbocycles. The molecular formula is C25H22N2O3. The van der Waals surface area contributed by atoms with Gasteiger partial charge in [0.15, 0.2) is 0 Å². The van der Waals surface area contributed by atoms with Crippen LogP contribution in [0.1, 0.15) is 40.6 Å². The summed E-state index contributed by atoms with van der Waals surface area (Å²) in [6.07, 6.45) is -0.211. The largest absolute Gasteiger partial charge is 0.449 e. The summed E-state index contributed by atoms with van der Waals surface area (Å²) in [6, 6.07) is 25.0. The first kappa shape index (κ1) is 19.7. The Labute approximate surface area is 175 Å². The van der Waals surface area contributed by atoms with Crippen LogP contribution >= 0.6 is 0 Å². The Kier molecular flexibility index (Phi) is 5.78. The number of carbonyl (C=O) groups is 1. The van der Waals surface area contributed by atoms with Gasteiger partial charge in [-0.1, -0.05) is 60.7 Å². The third kappa shape index (κ3) is 3.91. The van der Waals surface area contributed by atoms with Crippen LogP contribution < -0.4 is 5.32 Å². The van der Waals surface area contributed by atoms with Crippen LogP contribution in [-0.2, 0) is 4.74 Å². The smallest absolute Gasteiger partial charge is 0.407 e.